The smallest absolute Gasteiger partial charge is 0.229 e. The highest BCUT2D eigenvalue weighted by atomic mass is 79.9. The van der Waals surface area contributed by atoms with Gasteiger partial charge in [-0.15, -0.1) is 0 Å². The molecule has 2 heterocycles. The molecular formula is C20H20BrN5O. The van der Waals surface area contributed by atoms with Crippen LogP contribution in [-0.4, -0.2) is 25.8 Å². The Hall–Kier alpha value is -2.54. The van der Waals surface area contributed by atoms with E-state index in [4.69, 9.17) is 0 Å². The van der Waals surface area contributed by atoms with Crippen molar-refractivity contribution in [2.75, 3.05) is 5.32 Å². The summed E-state index contributed by atoms with van der Waals surface area (Å²) in [6.07, 6.45) is 8.71. The molecule has 7 heteroatoms. The molecule has 27 heavy (non-hydrogen) atoms. The van der Waals surface area contributed by atoms with Crippen LogP contribution < -0.4 is 5.32 Å². The van der Waals surface area contributed by atoms with Gasteiger partial charge in [0.1, 0.15) is 5.82 Å². The van der Waals surface area contributed by atoms with Gasteiger partial charge < -0.3 is 4.98 Å². The molecule has 0 bridgehead atoms. The molecule has 0 radical (unpaired) electrons. The lowest BCUT2D eigenvalue weighted by molar-refractivity contribution is -0.120. The minimum Gasteiger partial charge on any atom is -0.342 e. The monoisotopic (exact) mass is 425 g/mol. The van der Waals surface area contributed by atoms with E-state index in [1.54, 1.807) is 18.5 Å². The van der Waals surface area contributed by atoms with Gasteiger partial charge in [0.2, 0.25) is 11.9 Å². The molecule has 1 fully saturated rings. The summed E-state index contributed by atoms with van der Waals surface area (Å²) in [6.45, 7) is 0. The molecule has 1 aliphatic rings. The van der Waals surface area contributed by atoms with Crippen molar-refractivity contribution >= 4 is 27.8 Å². The van der Waals surface area contributed by atoms with Gasteiger partial charge in [0.15, 0.2) is 0 Å². The Kier molecular flexibility index (Phi) is 5.29. The molecule has 1 saturated carbocycles. The molecule has 1 aromatic carbocycles. The first-order chi connectivity index (χ1) is 13.2. The molecule has 0 saturated heterocycles. The normalized spacial score (nSPS) is 19.6. The summed E-state index contributed by atoms with van der Waals surface area (Å²) in [5, 5.41) is 2.81. The fourth-order valence-corrected chi connectivity index (χ4v) is 3.95. The van der Waals surface area contributed by atoms with E-state index in [0.717, 1.165) is 47.2 Å². The highest BCUT2D eigenvalue weighted by Crippen LogP contribution is 2.35. The van der Waals surface area contributed by atoms with Crippen molar-refractivity contribution < 1.29 is 4.79 Å². The zero-order valence-electron chi connectivity index (χ0n) is 14.7. The number of halogens is 1. The van der Waals surface area contributed by atoms with Crippen LogP contribution in [0, 0.1) is 5.92 Å². The third-order valence-corrected chi connectivity index (χ3v) is 5.51. The van der Waals surface area contributed by atoms with Crippen LogP contribution in [0.5, 0.6) is 0 Å². The van der Waals surface area contributed by atoms with Crippen LogP contribution in [0.3, 0.4) is 0 Å². The van der Waals surface area contributed by atoms with Crippen LogP contribution in [0.15, 0.2) is 53.4 Å². The van der Waals surface area contributed by atoms with Crippen molar-refractivity contribution in [1.82, 2.24) is 19.9 Å². The largest absolute Gasteiger partial charge is 0.342 e. The van der Waals surface area contributed by atoms with Crippen molar-refractivity contribution in [3.05, 3.63) is 59.2 Å². The molecule has 1 amide bonds. The molecule has 1 aliphatic carbocycles. The number of H-pyrrole nitrogens is 1. The molecular weight excluding hydrogens is 406 g/mol. The summed E-state index contributed by atoms with van der Waals surface area (Å²) >= 11 is 3.51. The third-order valence-electron chi connectivity index (χ3n) is 5.02. The Morgan fingerprint density at radius 3 is 2.59 bits per heavy atom. The summed E-state index contributed by atoms with van der Waals surface area (Å²) in [5.41, 5.74) is 2.13. The van der Waals surface area contributed by atoms with Crippen molar-refractivity contribution in [3.8, 4) is 11.3 Å². The van der Waals surface area contributed by atoms with Crippen molar-refractivity contribution in [3.63, 3.8) is 0 Å². The minimum absolute atomic E-state index is 0.00423. The number of carbonyl (C=O) groups excluding carboxylic acids is 1. The maximum atomic E-state index is 12.4. The maximum Gasteiger partial charge on any atom is 0.229 e. The van der Waals surface area contributed by atoms with E-state index in [1.807, 2.05) is 18.3 Å². The fourth-order valence-electron chi connectivity index (χ4n) is 3.55. The average molecular weight is 426 g/mol. The van der Waals surface area contributed by atoms with E-state index in [9.17, 15) is 4.79 Å². The Morgan fingerprint density at radius 1 is 1.07 bits per heavy atom. The number of carbonyl (C=O) groups is 1. The molecule has 2 aromatic heterocycles. The van der Waals surface area contributed by atoms with E-state index >= 15 is 0 Å². The number of aromatic amines is 1. The van der Waals surface area contributed by atoms with Crippen molar-refractivity contribution in [1.29, 1.82) is 0 Å². The van der Waals surface area contributed by atoms with Gasteiger partial charge in [0, 0.05) is 34.3 Å². The topological polar surface area (TPSA) is 83.6 Å². The minimum atomic E-state index is 0.00423. The number of amides is 1. The second-order valence-corrected chi connectivity index (χ2v) is 7.72. The summed E-state index contributed by atoms with van der Waals surface area (Å²) in [5.74, 6) is 1.76. The van der Waals surface area contributed by atoms with Gasteiger partial charge in [-0.1, -0.05) is 28.1 Å². The van der Waals surface area contributed by atoms with E-state index in [-0.39, 0.29) is 11.8 Å². The lowest BCUT2D eigenvalue weighted by Crippen LogP contribution is -2.27. The highest BCUT2D eigenvalue weighted by Gasteiger charge is 2.28. The molecule has 0 atom stereocenters. The Labute approximate surface area is 166 Å². The van der Waals surface area contributed by atoms with Crippen molar-refractivity contribution in [2.24, 2.45) is 5.92 Å². The molecule has 0 aliphatic heterocycles. The number of hydrogen-bond donors (Lipinski definition) is 2. The number of anilines is 1. The zero-order valence-corrected chi connectivity index (χ0v) is 16.3. The summed E-state index contributed by atoms with van der Waals surface area (Å²) in [6, 6.07) is 9.89. The number of nitrogens with one attached hydrogen (secondary N) is 2. The Balaban J connectivity index is 1.36. The van der Waals surface area contributed by atoms with Gasteiger partial charge in [-0.2, -0.15) is 0 Å². The second kappa shape index (κ2) is 8.00. The standard InChI is InChI=1S/C20H20BrN5O/c21-16-4-1-3-15(11-16)17-12-24-18(25-17)13-5-7-14(8-6-13)19(27)26-20-22-9-2-10-23-20/h1-4,9-14H,5-8H2,(H,24,25)(H,22,23,26,27). The van der Waals surface area contributed by atoms with Crippen LogP contribution in [-0.2, 0) is 4.79 Å². The Bertz CT molecular complexity index is 919. The van der Waals surface area contributed by atoms with Gasteiger partial charge in [0.05, 0.1) is 11.9 Å². The maximum absolute atomic E-state index is 12.4. The molecule has 138 valence electrons. The number of aromatic nitrogens is 4. The van der Waals surface area contributed by atoms with E-state index in [0.29, 0.717) is 11.9 Å². The highest BCUT2D eigenvalue weighted by molar-refractivity contribution is 9.10. The number of benzene rings is 1. The molecule has 4 rings (SSSR count). The Morgan fingerprint density at radius 2 is 1.85 bits per heavy atom. The van der Waals surface area contributed by atoms with E-state index in [2.05, 4.69) is 53.3 Å². The predicted octanol–water partition coefficient (Wildman–Crippen LogP) is 4.54. The van der Waals surface area contributed by atoms with Crippen LogP contribution >= 0.6 is 15.9 Å². The first-order valence-corrected chi connectivity index (χ1v) is 9.87. The van der Waals surface area contributed by atoms with Crippen LogP contribution in [0.2, 0.25) is 0 Å². The van der Waals surface area contributed by atoms with Crippen LogP contribution in [0.1, 0.15) is 37.4 Å². The van der Waals surface area contributed by atoms with Gasteiger partial charge >= 0.3 is 0 Å². The molecule has 3 aromatic rings. The lowest BCUT2D eigenvalue weighted by Gasteiger charge is -2.26. The first-order valence-electron chi connectivity index (χ1n) is 9.08. The van der Waals surface area contributed by atoms with Gasteiger partial charge in [0.25, 0.3) is 0 Å². The number of nitrogens with zero attached hydrogens (tertiary/aromatic N) is 3. The van der Waals surface area contributed by atoms with E-state index < -0.39 is 0 Å². The number of rotatable bonds is 4. The predicted molar refractivity (Wildman–Crippen MR) is 107 cm³/mol. The van der Waals surface area contributed by atoms with E-state index in [1.165, 1.54) is 0 Å². The summed E-state index contributed by atoms with van der Waals surface area (Å²) in [4.78, 5) is 28.6. The van der Waals surface area contributed by atoms with Gasteiger partial charge in [-0.05, 0) is 43.9 Å². The quantitative estimate of drug-likeness (QED) is 0.642. The summed E-state index contributed by atoms with van der Waals surface area (Å²) < 4.78 is 1.05. The number of imidazole rings is 1. The molecule has 6 nitrogen and oxygen atoms in total. The summed E-state index contributed by atoms with van der Waals surface area (Å²) in [7, 11) is 0. The van der Waals surface area contributed by atoms with Crippen LogP contribution in [0.4, 0.5) is 5.95 Å². The SMILES string of the molecule is O=C(Nc1ncccn1)C1CCC(c2ncc(-c3cccc(Br)c3)[nH]2)CC1. The average Bonchev–Trinajstić information content (AvgIpc) is 3.19. The van der Waals surface area contributed by atoms with Gasteiger partial charge in [-0.25, -0.2) is 15.0 Å². The van der Waals surface area contributed by atoms with Crippen LogP contribution in [0.25, 0.3) is 11.3 Å². The van der Waals surface area contributed by atoms with Gasteiger partial charge in [-0.3, -0.25) is 10.1 Å². The molecule has 0 unspecified atom stereocenters. The number of hydrogen-bond acceptors (Lipinski definition) is 4. The second-order valence-electron chi connectivity index (χ2n) is 6.80. The fraction of sp³-hybridized carbons (Fsp3) is 0.300. The third kappa shape index (κ3) is 4.24. The molecule has 2 N–H and O–H groups in total. The first kappa shape index (κ1) is 17.9. The zero-order chi connectivity index (χ0) is 18.6. The lowest BCUT2D eigenvalue weighted by atomic mass is 9.81. The molecule has 0 spiro atoms. The van der Waals surface area contributed by atoms with Crippen molar-refractivity contribution in [2.45, 2.75) is 31.6 Å².